The van der Waals surface area contributed by atoms with Gasteiger partial charge < -0.3 is 15.7 Å². The van der Waals surface area contributed by atoms with Crippen molar-refractivity contribution in [2.45, 2.75) is 19.9 Å². The summed E-state index contributed by atoms with van der Waals surface area (Å²) < 4.78 is 0. The maximum atomic E-state index is 9.19. The summed E-state index contributed by atoms with van der Waals surface area (Å²) >= 11 is 0. The summed E-state index contributed by atoms with van der Waals surface area (Å²) in [7, 11) is 1.83. The largest absolute Gasteiger partial charge is 0.394 e. The van der Waals surface area contributed by atoms with Crippen molar-refractivity contribution < 1.29 is 5.11 Å². The minimum atomic E-state index is 0.0807. The molecule has 1 rings (SSSR count). The summed E-state index contributed by atoms with van der Waals surface area (Å²) in [4.78, 5) is 4.12. The van der Waals surface area contributed by atoms with E-state index in [0.29, 0.717) is 5.92 Å². The first kappa shape index (κ1) is 11.8. The summed E-state index contributed by atoms with van der Waals surface area (Å²) in [5.41, 5.74) is 0.974. The van der Waals surface area contributed by atoms with E-state index in [4.69, 9.17) is 0 Å². The monoisotopic (exact) mass is 209 g/mol. The quantitative estimate of drug-likeness (QED) is 0.688. The predicted molar refractivity (Wildman–Crippen MR) is 63.1 cm³/mol. The van der Waals surface area contributed by atoms with Crippen molar-refractivity contribution in [1.29, 1.82) is 0 Å². The first-order valence-corrected chi connectivity index (χ1v) is 5.18. The van der Waals surface area contributed by atoms with E-state index >= 15 is 0 Å². The second-order valence-electron chi connectivity index (χ2n) is 3.86. The van der Waals surface area contributed by atoms with E-state index in [0.717, 1.165) is 11.5 Å². The van der Waals surface area contributed by atoms with Crippen LogP contribution in [-0.4, -0.2) is 29.8 Å². The zero-order chi connectivity index (χ0) is 11.3. The fourth-order valence-corrected chi connectivity index (χ4v) is 1.29. The summed E-state index contributed by atoms with van der Waals surface area (Å²) in [5, 5.41) is 15.4. The van der Waals surface area contributed by atoms with Crippen molar-refractivity contribution in [3.05, 3.63) is 18.3 Å². The number of pyridine rings is 1. The van der Waals surface area contributed by atoms with E-state index in [-0.39, 0.29) is 12.6 Å². The number of aliphatic hydroxyl groups excluding tert-OH is 1. The fraction of sp³-hybridized carbons (Fsp3) is 0.545. The van der Waals surface area contributed by atoms with Gasteiger partial charge in [0.1, 0.15) is 5.82 Å². The Balaban J connectivity index is 2.70. The average Bonchev–Trinajstić information content (AvgIpc) is 2.25. The van der Waals surface area contributed by atoms with Gasteiger partial charge in [0.15, 0.2) is 0 Å². The van der Waals surface area contributed by atoms with Crippen molar-refractivity contribution in [2.75, 3.05) is 24.3 Å². The van der Waals surface area contributed by atoms with E-state index in [1.54, 1.807) is 6.20 Å². The van der Waals surface area contributed by atoms with Crippen molar-refractivity contribution >= 4 is 11.5 Å². The number of hydrogen-bond donors (Lipinski definition) is 3. The van der Waals surface area contributed by atoms with Gasteiger partial charge in [0.2, 0.25) is 0 Å². The maximum absolute atomic E-state index is 9.19. The van der Waals surface area contributed by atoms with Gasteiger partial charge in [-0.2, -0.15) is 0 Å². The molecule has 4 heteroatoms. The summed E-state index contributed by atoms with van der Waals surface area (Å²) in [6, 6.07) is 3.90. The summed E-state index contributed by atoms with van der Waals surface area (Å²) in [5.74, 6) is 1.21. The van der Waals surface area contributed by atoms with Gasteiger partial charge in [-0.1, -0.05) is 13.8 Å². The number of rotatable bonds is 5. The van der Waals surface area contributed by atoms with Gasteiger partial charge in [-0.25, -0.2) is 4.98 Å². The number of aromatic nitrogens is 1. The minimum absolute atomic E-state index is 0.0807. The van der Waals surface area contributed by atoms with Crippen LogP contribution >= 0.6 is 0 Å². The number of nitrogens with one attached hydrogen (secondary N) is 2. The molecule has 0 spiro atoms. The molecule has 84 valence electrons. The number of anilines is 2. The molecule has 0 aromatic carbocycles. The third-order valence-electron chi connectivity index (χ3n) is 2.37. The average molecular weight is 209 g/mol. The van der Waals surface area contributed by atoms with Crippen LogP contribution in [-0.2, 0) is 0 Å². The van der Waals surface area contributed by atoms with Crippen LogP contribution in [0.4, 0.5) is 11.5 Å². The molecule has 0 saturated carbocycles. The molecule has 0 aliphatic rings. The summed E-state index contributed by atoms with van der Waals surface area (Å²) in [6.45, 7) is 4.29. The smallest absolute Gasteiger partial charge is 0.127 e. The second kappa shape index (κ2) is 5.56. The molecule has 0 amide bonds. The van der Waals surface area contributed by atoms with Crippen LogP contribution in [0.1, 0.15) is 13.8 Å². The Hall–Kier alpha value is -1.29. The van der Waals surface area contributed by atoms with Gasteiger partial charge in [-0.3, -0.25) is 0 Å². The Kier molecular flexibility index (Phi) is 4.37. The van der Waals surface area contributed by atoms with Crippen LogP contribution in [0.2, 0.25) is 0 Å². The van der Waals surface area contributed by atoms with Crippen molar-refractivity contribution in [3.8, 4) is 0 Å². The molecule has 1 aromatic heterocycles. The van der Waals surface area contributed by atoms with Gasteiger partial charge in [0, 0.05) is 25.0 Å². The highest BCUT2D eigenvalue weighted by atomic mass is 16.3. The molecule has 3 N–H and O–H groups in total. The highest BCUT2D eigenvalue weighted by Gasteiger charge is 2.11. The Morgan fingerprint density at radius 3 is 2.73 bits per heavy atom. The Morgan fingerprint density at radius 2 is 2.20 bits per heavy atom. The molecule has 0 bridgehead atoms. The second-order valence-corrected chi connectivity index (χ2v) is 3.86. The lowest BCUT2D eigenvalue weighted by Crippen LogP contribution is -2.29. The molecule has 1 aromatic rings. The molecule has 0 aliphatic heterocycles. The molecule has 0 saturated heterocycles. The first-order chi connectivity index (χ1) is 7.17. The SMILES string of the molecule is CNc1cc(N[C@H](CO)C(C)C)ccn1. The normalized spacial score (nSPS) is 12.6. The van der Waals surface area contributed by atoms with Crippen LogP contribution < -0.4 is 10.6 Å². The molecule has 1 atom stereocenters. The highest BCUT2D eigenvalue weighted by molar-refractivity contribution is 5.52. The van der Waals surface area contributed by atoms with Crippen molar-refractivity contribution in [3.63, 3.8) is 0 Å². The Labute approximate surface area is 90.7 Å². The molecule has 1 heterocycles. The van der Waals surface area contributed by atoms with E-state index in [9.17, 15) is 5.11 Å². The zero-order valence-corrected chi connectivity index (χ0v) is 9.49. The number of hydrogen-bond acceptors (Lipinski definition) is 4. The molecule has 4 nitrogen and oxygen atoms in total. The molecule has 15 heavy (non-hydrogen) atoms. The van der Waals surface area contributed by atoms with Crippen molar-refractivity contribution in [2.24, 2.45) is 5.92 Å². The van der Waals surface area contributed by atoms with E-state index in [1.165, 1.54) is 0 Å². The lowest BCUT2D eigenvalue weighted by molar-refractivity contribution is 0.249. The van der Waals surface area contributed by atoms with Gasteiger partial charge in [0.05, 0.1) is 12.6 Å². The molecule has 0 radical (unpaired) electrons. The third kappa shape index (κ3) is 3.40. The molecular weight excluding hydrogens is 190 g/mol. The number of aliphatic hydroxyl groups is 1. The molecule has 0 fully saturated rings. The van der Waals surface area contributed by atoms with E-state index < -0.39 is 0 Å². The van der Waals surface area contributed by atoms with Gasteiger partial charge in [-0.05, 0) is 12.0 Å². The third-order valence-corrected chi connectivity index (χ3v) is 2.37. The lowest BCUT2D eigenvalue weighted by Gasteiger charge is -2.21. The van der Waals surface area contributed by atoms with Gasteiger partial charge in [-0.15, -0.1) is 0 Å². The van der Waals surface area contributed by atoms with E-state index in [2.05, 4.69) is 29.5 Å². The van der Waals surface area contributed by atoms with Gasteiger partial charge in [0.25, 0.3) is 0 Å². The highest BCUT2D eigenvalue weighted by Crippen LogP contribution is 2.15. The molecular formula is C11H19N3O. The first-order valence-electron chi connectivity index (χ1n) is 5.18. The standard InChI is InChI=1S/C11H19N3O/c1-8(2)10(7-15)14-9-4-5-13-11(6-9)12-3/h4-6,8,10,15H,7H2,1-3H3,(H2,12,13,14)/t10-/m1/s1. The van der Waals surface area contributed by atoms with Gasteiger partial charge >= 0.3 is 0 Å². The Morgan fingerprint density at radius 1 is 1.47 bits per heavy atom. The van der Waals surface area contributed by atoms with Crippen LogP contribution in [0.3, 0.4) is 0 Å². The minimum Gasteiger partial charge on any atom is -0.394 e. The topological polar surface area (TPSA) is 57.2 Å². The van der Waals surface area contributed by atoms with Crippen molar-refractivity contribution in [1.82, 2.24) is 4.98 Å². The van der Waals surface area contributed by atoms with E-state index in [1.807, 2.05) is 19.2 Å². The number of nitrogens with zero attached hydrogens (tertiary/aromatic N) is 1. The molecule has 0 aliphatic carbocycles. The fourth-order valence-electron chi connectivity index (χ4n) is 1.29. The maximum Gasteiger partial charge on any atom is 0.127 e. The van der Waals surface area contributed by atoms with Crippen LogP contribution in [0.15, 0.2) is 18.3 Å². The predicted octanol–water partition coefficient (Wildman–Crippen LogP) is 1.55. The summed E-state index contributed by atoms with van der Waals surface area (Å²) in [6.07, 6.45) is 1.74. The lowest BCUT2D eigenvalue weighted by atomic mass is 10.1. The van der Waals surface area contributed by atoms with Crippen LogP contribution in [0.5, 0.6) is 0 Å². The Bertz CT molecular complexity index is 302. The van der Waals surface area contributed by atoms with Crippen LogP contribution in [0, 0.1) is 5.92 Å². The molecule has 0 unspecified atom stereocenters. The van der Waals surface area contributed by atoms with Crippen LogP contribution in [0.25, 0.3) is 0 Å². The zero-order valence-electron chi connectivity index (χ0n) is 9.49.